The summed E-state index contributed by atoms with van der Waals surface area (Å²) in [5.74, 6) is 0.887. The molecule has 0 fully saturated rings. The van der Waals surface area contributed by atoms with Gasteiger partial charge in [0.1, 0.15) is 0 Å². The number of hydrogen-bond acceptors (Lipinski definition) is 4. The van der Waals surface area contributed by atoms with E-state index in [1.807, 2.05) is 6.92 Å². The zero-order chi connectivity index (χ0) is 9.84. The third-order valence-electron chi connectivity index (χ3n) is 1.95. The minimum Gasteiger partial charge on any atom is -0.481 e. The van der Waals surface area contributed by atoms with Crippen LogP contribution in [0.15, 0.2) is 0 Å². The molecule has 72 valence electrons. The fourth-order valence-corrected chi connectivity index (χ4v) is 1.34. The highest BCUT2D eigenvalue weighted by Gasteiger charge is 2.10. The second kappa shape index (κ2) is 4.07. The van der Waals surface area contributed by atoms with Gasteiger partial charge in [-0.05, 0) is 12.8 Å². The van der Waals surface area contributed by atoms with Gasteiger partial charge >= 0.3 is 0 Å². The van der Waals surface area contributed by atoms with E-state index in [2.05, 4.69) is 16.9 Å². The van der Waals surface area contributed by atoms with E-state index in [9.17, 15) is 0 Å². The van der Waals surface area contributed by atoms with E-state index in [-0.39, 0.29) is 5.95 Å². The van der Waals surface area contributed by atoms with Crippen LogP contribution in [0.1, 0.15) is 25.1 Å². The lowest BCUT2D eigenvalue weighted by atomic mass is 10.1. The van der Waals surface area contributed by atoms with E-state index in [4.69, 9.17) is 10.5 Å². The van der Waals surface area contributed by atoms with E-state index in [0.717, 1.165) is 24.1 Å². The van der Waals surface area contributed by atoms with Crippen LogP contribution >= 0.6 is 0 Å². The summed E-state index contributed by atoms with van der Waals surface area (Å²) in [5.41, 5.74) is 7.57. The third-order valence-corrected chi connectivity index (χ3v) is 1.95. The topological polar surface area (TPSA) is 61.0 Å². The van der Waals surface area contributed by atoms with Crippen molar-refractivity contribution >= 4 is 5.95 Å². The number of aryl methyl sites for hydroxylation is 1. The lowest BCUT2D eigenvalue weighted by Crippen LogP contribution is -2.06. The Labute approximate surface area is 78.1 Å². The molecule has 0 atom stereocenters. The molecule has 0 aromatic carbocycles. The second-order valence-corrected chi connectivity index (χ2v) is 2.72. The molecule has 0 spiro atoms. The molecule has 0 aliphatic carbocycles. The maximum atomic E-state index is 5.53. The maximum absolute atomic E-state index is 5.53. The molecule has 4 nitrogen and oxygen atoms in total. The zero-order valence-electron chi connectivity index (χ0n) is 8.29. The normalized spacial score (nSPS) is 10.1. The molecule has 0 unspecified atom stereocenters. The highest BCUT2D eigenvalue weighted by atomic mass is 16.5. The Morgan fingerprint density at radius 3 is 2.38 bits per heavy atom. The largest absolute Gasteiger partial charge is 0.481 e. The van der Waals surface area contributed by atoms with Crippen molar-refractivity contribution in [2.75, 3.05) is 12.8 Å². The van der Waals surface area contributed by atoms with Gasteiger partial charge in [0.05, 0.1) is 12.8 Å². The molecule has 0 radical (unpaired) electrons. The first-order chi connectivity index (χ1) is 6.22. The van der Waals surface area contributed by atoms with Gasteiger partial charge in [0.25, 0.3) is 0 Å². The van der Waals surface area contributed by atoms with Gasteiger partial charge < -0.3 is 10.5 Å². The number of nitrogens with two attached hydrogens (primary N) is 1. The number of methoxy groups -OCH3 is 1. The highest BCUT2D eigenvalue weighted by molar-refractivity contribution is 5.36. The van der Waals surface area contributed by atoms with Gasteiger partial charge in [0.2, 0.25) is 11.8 Å². The number of aromatic nitrogens is 2. The Bertz CT molecular complexity index is 274. The lowest BCUT2D eigenvalue weighted by molar-refractivity contribution is 0.391. The summed E-state index contributed by atoms with van der Waals surface area (Å²) in [6.07, 6.45) is 1.72. The van der Waals surface area contributed by atoms with Crippen LogP contribution in [0.5, 0.6) is 5.88 Å². The molecule has 4 heteroatoms. The molecular weight excluding hydrogens is 166 g/mol. The van der Waals surface area contributed by atoms with Crippen LogP contribution < -0.4 is 10.5 Å². The molecule has 0 bridgehead atoms. The van der Waals surface area contributed by atoms with E-state index < -0.39 is 0 Å². The molecule has 0 aliphatic rings. The molecule has 0 aliphatic heterocycles. The summed E-state index contributed by atoms with van der Waals surface area (Å²) in [4.78, 5) is 8.17. The summed E-state index contributed by atoms with van der Waals surface area (Å²) in [6, 6.07) is 0. The number of hydrogen-bond donors (Lipinski definition) is 1. The summed E-state index contributed by atoms with van der Waals surface area (Å²) in [5, 5.41) is 0. The monoisotopic (exact) mass is 181 g/mol. The Hall–Kier alpha value is -1.32. The lowest BCUT2D eigenvalue weighted by Gasteiger charge is -2.09. The van der Waals surface area contributed by atoms with Gasteiger partial charge in [-0.2, -0.15) is 4.98 Å². The van der Waals surface area contributed by atoms with E-state index >= 15 is 0 Å². The Morgan fingerprint density at radius 2 is 1.92 bits per heavy atom. The van der Waals surface area contributed by atoms with Crippen molar-refractivity contribution in [3.8, 4) is 5.88 Å². The zero-order valence-corrected chi connectivity index (χ0v) is 8.29. The third kappa shape index (κ3) is 1.88. The average Bonchev–Trinajstić information content (AvgIpc) is 2.16. The van der Waals surface area contributed by atoms with Gasteiger partial charge in [0, 0.05) is 5.56 Å². The fourth-order valence-electron chi connectivity index (χ4n) is 1.34. The SMILES string of the molecule is CCc1nc(N)nc(OC)c1CC. The molecule has 1 rings (SSSR count). The van der Waals surface area contributed by atoms with Gasteiger partial charge in [-0.15, -0.1) is 0 Å². The predicted octanol–water partition coefficient (Wildman–Crippen LogP) is 1.19. The van der Waals surface area contributed by atoms with E-state index in [1.165, 1.54) is 0 Å². The fraction of sp³-hybridized carbons (Fsp3) is 0.556. The van der Waals surface area contributed by atoms with Gasteiger partial charge in [-0.25, -0.2) is 4.98 Å². The molecule has 0 saturated carbocycles. The molecular formula is C9H15N3O. The minimum atomic E-state index is 0.283. The first-order valence-electron chi connectivity index (χ1n) is 4.42. The number of anilines is 1. The maximum Gasteiger partial charge on any atom is 0.223 e. The number of nitrogens with zero attached hydrogens (tertiary/aromatic N) is 2. The molecule has 0 saturated heterocycles. The predicted molar refractivity (Wildman–Crippen MR) is 51.8 cm³/mol. The summed E-state index contributed by atoms with van der Waals surface area (Å²) >= 11 is 0. The van der Waals surface area contributed by atoms with E-state index in [0.29, 0.717) is 5.88 Å². The molecule has 13 heavy (non-hydrogen) atoms. The van der Waals surface area contributed by atoms with Crippen molar-refractivity contribution in [1.29, 1.82) is 0 Å². The highest BCUT2D eigenvalue weighted by Crippen LogP contribution is 2.20. The van der Waals surface area contributed by atoms with E-state index in [1.54, 1.807) is 7.11 Å². The van der Waals surface area contributed by atoms with Crippen molar-refractivity contribution in [2.45, 2.75) is 26.7 Å². The number of ether oxygens (including phenoxy) is 1. The van der Waals surface area contributed by atoms with Crippen LogP contribution in [0.3, 0.4) is 0 Å². The number of rotatable bonds is 3. The molecule has 1 heterocycles. The Kier molecular flexibility index (Phi) is 3.06. The van der Waals surface area contributed by atoms with Gasteiger partial charge in [0.15, 0.2) is 0 Å². The van der Waals surface area contributed by atoms with Crippen LogP contribution in [-0.4, -0.2) is 17.1 Å². The van der Waals surface area contributed by atoms with Crippen molar-refractivity contribution in [3.63, 3.8) is 0 Å². The number of nitrogen functional groups attached to an aromatic ring is 1. The first kappa shape index (κ1) is 9.77. The molecule has 1 aromatic rings. The van der Waals surface area contributed by atoms with Crippen LogP contribution in [0.25, 0.3) is 0 Å². The van der Waals surface area contributed by atoms with Gasteiger partial charge in [-0.1, -0.05) is 13.8 Å². The minimum absolute atomic E-state index is 0.283. The van der Waals surface area contributed by atoms with Crippen LogP contribution in [0, 0.1) is 0 Å². The smallest absolute Gasteiger partial charge is 0.223 e. The average molecular weight is 181 g/mol. The van der Waals surface area contributed by atoms with Crippen LogP contribution in [0.2, 0.25) is 0 Å². The first-order valence-corrected chi connectivity index (χ1v) is 4.42. The van der Waals surface area contributed by atoms with Gasteiger partial charge in [-0.3, -0.25) is 0 Å². The summed E-state index contributed by atoms with van der Waals surface area (Å²) in [7, 11) is 1.60. The molecule has 0 amide bonds. The standard InChI is InChI=1S/C9H15N3O/c1-4-6-7(5-2)11-9(10)12-8(6)13-3/h4-5H2,1-3H3,(H2,10,11,12). The Balaban J connectivity index is 3.25. The van der Waals surface area contributed by atoms with Crippen molar-refractivity contribution in [1.82, 2.24) is 9.97 Å². The summed E-state index contributed by atoms with van der Waals surface area (Å²) in [6.45, 7) is 4.09. The van der Waals surface area contributed by atoms with Crippen LogP contribution in [-0.2, 0) is 12.8 Å². The van der Waals surface area contributed by atoms with Crippen molar-refractivity contribution < 1.29 is 4.74 Å². The van der Waals surface area contributed by atoms with Crippen LogP contribution in [0.4, 0.5) is 5.95 Å². The Morgan fingerprint density at radius 1 is 1.23 bits per heavy atom. The molecule has 2 N–H and O–H groups in total. The molecule has 1 aromatic heterocycles. The second-order valence-electron chi connectivity index (χ2n) is 2.72. The summed E-state index contributed by atoms with van der Waals surface area (Å²) < 4.78 is 5.13. The quantitative estimate of drug-likeness (QED) is 0.761. The van der Waals surface area contributed by atoms with Crippen molar-refractivity contribution in [3.05, 3.63) is 11.3 Å². The van der Waals surface area contributed by atoms with Crippen molar-refractivity contribution in [2.24, 2.45) is 0 Å².